The van der Waals surface area contributed by atoms with Crippen LogP contribution in [0.25, 0.3) is 0 Å². The fourth-order valence-electron chi connectivity index (χ4n) is 1.16. The first-order valence-corrected chi connectivity index (χ1v) is 4.60. The van der Waals surface area contributed by atoms with E-state index in [9.17, 15) is 0 Å². The van der Waals surface area contributed by atoms with Crippen molar-refractivity contribution in [1.82, 2.24) is 0 Å². The molecule has 1 atom stereocenters. The second kappa shape index (κ2) is 6.28. The second-order valence-electron chi connectivity index (χ2n) is 3.48. The summed E-state index contributed by atoms with van der Waals surface area (Å²) in [6.45, 7) is 4.45. The van der Waals surface area contributed by atoms with Crippen molar-refractivity contribution in [3.63, 3.8) is 0 Å². The molecule has 1 rings (SSSR count). The van der Waals surface area contributed by atoms with Crippen LogP contribution in [0.1, 0.15) is 18.1 Å². The van der Waals surface area contributed by atoms with Crippen LogP contribution < -0.4 is 22.9 Å². The molecule has 1 aromatic rings. The fourth-order valence-corrected chi connectivity index (χ4v) is 1.16. The maximum Gasteiger partial charge on any atom is 0.140 e. The molecule has 0 aliphatic rings. The van der Waals surface area contributed by atoms with E-state index in [-0.39, 0.29) is 18.4 Å². The van der Waals surface area contributed by atoms with Crippen molar-refractivity contribution < 1.29 is 22.9 Å². The minimum Gasteiger partial charge on any atom is -1.00 e. The van der Waals surface area contributed by atoms with Gasteiger partial charge < -0.3 is 22.9 Å². The van der Waals surface area contributed by atoms with Gasteiger partial charge in [-0.3, -0.25) is 0 Å². The zero-order valence-corrected chi connectivity index (χ0v) is 9.71. The zero-order chi connectivity index (χ0) is 10.6. The van der Waals surface area contributed by atoms with Crippen LogP contribution in [-0.2, 0) is 0 Å². The van der Waals surface area contributed by atoms with Gasteiger partial charge in [0, 0.05) is 0 Å². The third kappa shape index (κ3) is 3.78. The van der Waals surface area contributed by atoms with Crippen molar-refractivity contribution in [3.05, 3.63) is 29.3 Å². The summed E-state index contributed by atoms with van der Waals surface area (Å²) in [4.78, 5) is 0. The largest absolute Gasteiger partial charge is 1.00 e. The molecule has 0 fully saturated rings. The topological polar surface area (TPSA) is 60.7 Å². The molecule has 0 amide bonds. The van der Waals surface area contributed by atoms with Crippen LogP contribution in [0, 0.1) is 18.3 Å². The van der Waals surface area contributed by atoms with E-state index < -0.39 is 0 Å². The molecule has 0 spiro atoms. The van der Waals surface area contributed by atoms with Crippen molar-refractivity contribution in [2.45, 2.75) is 19.9 Å². The number of aryl methyl sites for hydroxylation is 1. The van der Waals surface area contributed by atoms with E-state index in [2.05, 4.69) is 11.8 Å². The average molecular weight is 227 g/mol. The minimum absolute atomic E-state index is 0. The molecule has 0 saturated carbocycles. The Hall–Kier alpha value is -1.24. The summed E-state index contributed by atoms with van der Waals surface area (Å²) in [6.07, 6.45) is 0. The molecule has 0 bridgehead atoms. The van der Waals surface area contributed by atoms with Gasteiger partial charge in [0.15, 0.2) is 0 Å². The first-order valence-electron chi connectivity index (χ1n) is 4.60. The van der Waals surface area contributed by atoms with Gasteiger partial charge in [-0.05, 0) is 25.5 Å². The first-order chi connectivity index (χ1) is 6.65. The van der Waals surface area contributed by atoms with Gasteiger partial charge in [0.1, 0.15) is 24.5 Å². The highest BCUT2D eigenvalue weighted by Gasteiger charge is 2.07. The summed E-state index contributed by atoms with van der Waals surface area (Å²) in [7, 11) is 0. The molecule has 0 aliphatic carbocycles. The van der Waals surface area contributed by atoms with Crippen molar-refractivity contribution in [2.24, 2.45) is 0 Å². The van der Waals surface area contributed by atoms with Gasteiger partial charge in [-0.15, -0.1) is 0 Å². The van der Waals surface area contributed by atoms with Gasteiger partial charge in [0.25, 0.3) is 0 Å². The number of ether oxygens (including phenoxy) is 1. The number of para-hydroxylation sites is 1. The van der Waals surface area contributed by atoms with Crippen LogP contribution in [0.3, 0.4) is 0 Å². The van der Waals surface area contributed by atoms with Crippen LogP contribution in [0.5, 0.6) is 5.75 Å². The molecular formula is C11H15ClN2O. The van der Waals surface area contributed by atoms with Gasteiger partial charge in [-0.25, -0.2) is 0 Å². The molecule has 0 radical (unpaired) electrons. The Bertz CT molecular complexity index is 358. The van der Waals surface area contributed by atoms with Crippen molar-refractivity contribution in [3.8, 4) is 11.8 Å². The SMILES string of the molecule is Cc1cccc(C#N)c1OCC(C)[NH3+].[Cl-]. The minimum atomic E-state index is 0. The van der Waals surface area contributed by atoms with E-state index in [0.717, 1.165) is 5.56 Å². The molecule has 0 heterocycles. The molecule has 3 N–H and O–H groups in total. The van der Waals surface area contributed by atoms with Crippen LogP contribution in [0.15, 0.2) is 18.2 Å². The fraction of sp³-hybridized carbons (Fsp3) is 0.364. The summed E-state index contributed by atoms with van der Waals surface area (Å²) in [5.74, 6) is 0.686. The Kier molecular flexibility index (Phi) is 5.76. The van der Waals surface area contributed by atoms with Crippen LogP contribution in [0.2, 0.25) is 0 Å². The van der Waals surface area contributed by atoms with E-state index in [0.29, 0.717) is 17.9 Å². The van der Waals surface area contributed by atoms with E-state index in [1.54, 1.807) is 6.07 Å². The second-order valence-corrected chi connectivity index (χ2v) is 3.48. The average Bonchev–Trinajstić information content (AvgIpc) is 2.15. The molecule has 0 aromatic heterocycles. The number of halogens is 1. The van der Waals surface area contributed by atoms with Gasteiger partial charge >= 0.3 is 0 Å². The summed E-state index contributed by atoms with van der Waals surface area (Å²) in [5, 5.41) is 8.86. The van der Waals surface area contributed by atoms with Crippen molar-refractivity contribution in [1.29, 1.82) is 5.26 Å². The molecule has 1 unspecified atom stereocenters. The van der Waals surface area contributed by atoms with E-state index in [4.69, 9.17) is 10.00 Å². The van der Waals surface area contributed by atoms with Gasteiger partial charge in [-0.2, -0.15) is 5.26 Å². The normalized spacial score (nSPS) is 11.1. The maximum absolute atomic E-state index is 8.86. The standard InChI is InChI=1S/C11H14N2O.ClH/c1-8-4-3-5-10(6-12)11(8)14-7-9(2)13;/h3-5,9H,7,13H2,1-2H3;1H. The Morgan fingerprint density at radius 1 is 1.53 bits per heavy atom. The van der Waals surface area contributed by atoms with Crippen molar-refractivity contribution in [2.75, 3.05) is 6.61 Å². The highest BCUT2D eigenvalue weighted by molar-refractivity contribution is 5.47. The van der Waals surface area contributed by atoms with Gasteiger partial charge in [-0.1, -0.05) is 12.1 Å². The molecule has 0 aliphatic heterocycles. The lowest BCUT2D eigenvalue weighted by Crippen LogP contribution is -3.00. The number of hydrogen-bond acceptors (Lipinski definition) is 2. The number of rotatable bonds is 3. The third-order valence-electron chi connectivity index (χ3n) is 1.84. The molecular weight excluding hydrogens is 212 g/mol. The van der Waals surface area contributed by atoms with E-state index in [1.807, 2.05) is 26.0 Å². The van der Waals surface area contributed by atoms with Crippen LogP contribution in [-0.4, -0.2) is 12.6 Å². The molecule has 1 aromatic carbocycles. The van der Waals surface area contributed by atoms with E-state index >= 15 is 0 Å². The summed E-state index contributed by atoms with van der Waals surface area (Å²) in [6, 6.07) is 7.89. The van der Waals surface area contributed by atoms with Crippen molar-refractivity contribution >= 4 is 0 Å². The predicted molar refractivity (Wildman–Crippen MR) is 53.7 cm³/mol. The third-order valence-corrected chi connectivity index (χ3v) is 1.84. The maximum atomic E-state index is 8.86. The Balaban J connectivity index is 0.00000196. The summed E-state index contributed by atoms with van der Waals surface area (Å²) < 4.78 is 5.54. The highest BCUT2D eigenvalue weighted by Crippen LogP contribution is 2.22. The monoisotopic (exact) mass is 226 g/mol. The molecule has 82 valence electrons. The molecule has 0 saturated heterocycles. The number of nitrogens with zero attached hydrogens (tertiary/aromatic N) is 1. The summed E-state index contributed by atoms with van der Waals surface area (Å²) >= 11 is 0. The lowest BCUT2D eigenvalue weighted by Gasteiger charge is -2.10. The molecule has 3 nitrogen and oxygen atoms in total. The predicted octanol–water partition coefficient (Wildman–Crippen LogP) is -2.12. The Morgan fingerprint density at radius 3 is 2.73 bits per heavy atom. The zero-order valence-electron chi connectivity index (χ0n) is 8.96. The highest BCUT2D eigenvalue weighted by atomic mass is 35.5. The number of hydrogen-bond donors (Lipinski definition) is 1. The van der Waals surface area contributed by atoms with Crippen LogP contribution in [0.4, 0.5) is 0 Å². The van der Waals surface area contributed by atoms with E-state index in [1.165, 1.54) is 0 Å². The number of benzene rings is 1. The van der Waals surface area contributed by atoms with Crippen LogP contribution >= 0.6 is 0 Å². The lowest BCUT2D eigenvalue weighted by atomic mass is 10.1. The first kappa shape index (κ1) is 13.8. The quantitative estimate of drug-likeness (QED) is 0.641. The number of quaternary nitrogens is 1. The lowest BCUT2D eigenvalue weighted by molar-refractivity contribution is -0.417. The summed E-state index contributed by atoms with van der Waals surface area (Å²) in [5.41, 5.74) is 5.41. The Labute approximate surface area is 96.3 Å². The Morgan fingerprint density at radius 2 is 2.20 bits per heavy atom. The van der Waals surface area contributed by atoms with Gasteiger partial charge in [0.2, 0.25) is 0 Å². The molecule has 4 heteroatoms. The van der Waals surface area contributed by atoms with Gasteiger partial charge in [0.05, 0.1) is 5.56 Å². The number of nitriles is 1. The smallest absolute Gasteiger partial charge is 0.140 e. The molecule has 15 heavy (non-hydrogen) atoms.